The Balaban J connectivity index is 1.20. The lowest BCUT2D eigenvalue weighted by molar-refractivity contribution is -0.384. The molecular formula is C24H32N4O4. The number of hydrogen-bond donors (Lipinski definition) is 0. The van der Waals surface area contributed by atoms with E-state index in [9.17, 15) is 19.7 Å². The molecule has 3 saturated heterocycles. The molecule has 32 heavy (non-hydrogen) atoms. The number of carbonyl (C=O) groups is 2. The summed E-state index contributed by atoms with van der Waals surface area (Å²) >= 11 is 0. The molecule has 0 radical (unpaired) electrons. The Labute approximate surface area is 189 Å². The molecule has 4 rings (SSSR count). The number of piperidine rings is 2. The Kier molecular flexibility index (Phi) is 7.19. The summed E-state index contributed by atoms with van der Waals surface area (Å²) in [6.07, 6.45) is 9.37. The molecule has 0 unspecified atom stereocenters. The molecular weight excluding hydrogens is 408 g/mol. The predicted octanol–water partition coefficient (Wildman–Crippen LogP) is 2.93. The Morgan fingerprint density at radius 3 is 2.09 bits per heavy atom. The molecule has 8 nitrogen and oxygen atoms in total. The molecule has 3 aliphatic rings. The van der Waals surface area contributed by atoms with Crippen LogP contribution >= 0.6 is 0 Å². The van der Waals surface area contributed by atoms with Crippen molar-refractivity contribution in [2.45, 2.75) is 44.6 Å². The number of benzene rings is 1. The van der Waals surface area contributed by atoms with E-state index in [1.54, 1.807) is 24.3 Å². The predicted molar refractivity (Wildman–Crippen MR) is 122 cm³/mol. The highest BCUT2D eigenvalue weighted by atomic mass is 16.6. The monoisotopic (exact) mass is 440 g/mol. The van der Waals surface area contributed by atoms with Gasteiger partial charge in [0.05, 0.1) is 4.92 Å². The maximum atomic E-state index is 12.6. The molecule has 0 bridgehead atoms. The number of nitrogens with zero attached hydrogens (tertiary/aromatic N) is 4. The van der Waals surface area contributed by atoms with E-state index in [1.807, 2.05) is 4.90 Å². The third kappa shape index (κ3) is 5.35. The van der Waals surface area contributed by atoms with Gasteiger partial charge in [-0.3, -0.25) is 19.7 Å². The van der Waals surface area contributed by atoms with Crippen LogP contribution < -0.4 is 0 Å². The van der Waals surface area contributed by atoms with Gasteiger partial charge in [0.25, 0.3) is 5.69 Å². The van der Waals surface area contributed by atoms with Crippen LogP contribution in [-0.2, 0) is 9.59 Å². The number of hydrogen-bond acceptors (Lipinski definition) is 5. The molecule has 0 aromatic heterocycles. The van der Waals surface area contributed by atoms with Crippen molar-refractivity contribution in [2.24, 2.45) is 5.92 Å². The van der Waals surface area contributed by atoms with Crippen LogP contribution in [0.15, 0.2) is 30.3 Å². The molecule has 3 aliphatic heterocycles. The SMILES string of the molecule is O=C(/C=C/c1ccc([N+](=O)[O-])cc1)N1CCC(N2CCC(C(=O)N3CCCC3)CC2)CC1. The van der Waals surface area contributed by atoms with Crippen molar-refractivity contribution in [1.29, 1.82) is 0 Å². The summed E-state index contributed by atoms with van der Waals surface area (Å²) in [5, 5.41) is 10.7. The van der Waals surface area contributed by atoms with Crippen molar-refractivity contribution >= 4 is 23.6 Å². The Hall–Kier alpha value is -2.74. The van der Waals surface area contributed by atoms with E-state index in [1.165, 1.54) is 12.1 Å². The van der Waals surface area contributed by atoms with E-state index in [4.69, 9.17) is 0 Å². The van der Waals surface area contributed by atoms with Crippen LogP contribution in [0.5, 0.6) is 0 Å². The lowest BCUT2D eigenvalue weighted by atomic mass is 9.92. The Morgan fingerprint density at radius 1 is 0.875 bits per heavy atom. The fourth-order valence-corrected chi connectivity index (χ4v) is 5.14. The van der Waals surface area contributed by atoms with Crippen LogP contribution in [0.2, 0.25) is 0 Å². The number of nitro groups is 1. The average molecular weight is 441 g/mol. The van der Waals surface area contributed by atoms with Gasteiger partial charge in [-0.25, -0.2) is 0 Å². The van der Waals surface area contributed by atoms with Crippen molar-refractivity contribution < 1.29 is 14.5 Å². The van der Waals surface area contributed by atoms with Crippen LogP contribution in [0, 0.1) is 16.0 Å². The molecule has 1 aromatic carbocycles. The fraction of sp³-hybridized carbons (Fsp3) is 0.583. The van der Waals surface area contributed by atoms with E-state index >= 15 is 0 Å². The van der Waals surface area contributed by atoms with Crippen molar-refractivity contribution in [2.75, 3.05) is 39.3 Å². The third-order valence-electron chi connectivity index (χ3n) is 7.11. The molecule has 0 spiro atoms. The summed E-state index contributed by atoms with van der Waals surface area (Å²) in [5.41, 5.74) is 0.810. The number of non-ortho nitro benzene ring substituents is 1. The first-order valence-corrected chi connectivity index (χ1v) is 11.8. The molecule has 0 N–H and O–H groups in total. The molecule has 3 heterocycles. The van der Waals surface area contributed by atoms with E-state index in [2.05, 4.69) is 9.80 Å². The highest BCUT2D eigenvalue weighted by molar-refractivity contribution is 5.91. The normalized spacial score (nSPS) is 21.4. The number of rotatable bonds is 5. The van der Waals surface area contributed by atoms with Gasteiger partial charge in [-0.15, -0.1) is 0 Å². The molecule has 0 saturated carbocycles. The first-order chi connectivity index (χ1) is 15.5. The maximum absolute atomic E-state index is 12.6. The van der Waals surface area contributed by atoms with Crippen molar-refractivity contribution in [1.82, 2.24) is 14.7 Å². The summed E-state index contributed by atoms with van der Waals surface area (Å²) in [7, 11) is 0. The van der Waals surface area contributed by atoms with Gasteiger partial charge in [-0.2, -0.15) is 0 Å². The molecule has 0 aliphatic carbocycles. The molecule has 0 atom stereocenters. The molecule has 3 fully saturated rings. The van der Waals surface area contributed by atoms with Crippen LogP contribution in [0.1, 0.15) is 44.1 Å². The topological polar surface area (TPSA) is 87.0 Å². The van der Waals surface area contributed by atoms with Crippen LogP contribution in [0.4, 0.5) is 5.69 Å². The van der Waals surface area contributed by atoms with Gasteiger partial charge in [0.1, 0.15) is 0 Å². The largest absolute Gasteiger partial charge is 0.342 e. The van der Waals surface area contributed by atoms with Gasteiger partial charge in [0, 0.05) is 56.3 Å². The lowest BCUT2D eigenvalue weighted by Crippen LogP contribution is -2.50. The molecule has 172 valence electrons. The first-order valence-electron chi connectivity index (χ1n) is 11.8. The Bertz CT molecular complexity index is 847. The first kappa shape index (κ1) is 22.5. The van der Waals surface area contributed by atoms with Gasteiger partial charge < -0.3 is 14.7 Å². The van der Waals surface area contributed by atoms with Crippen LogP contribution in [0.25, 0.3) is 6.08 Å². The summed E-state index contributed by atoms with van der Waals surface area (Å²) in [6.45, 7) is 5.29. The van der Waals surface area contributed by atoms with E-state index < -0.39 is 4.92 Å². The highest BCUT2D eigenvalue weighted by Gasteiger charge is 2.33. The minimum Gasteiger partial charge on any atom is -0.342 e. The molecule has 1 aromatic rings. The van der Waals surface area contributed by atoms with Gasteiger partial charge >= 0.3 is 0 Å². The Morgan fingerprint density at radius 2 is 1.50 bits per heavy atom. The van der Waals surface area contributed by atoms with Crippen molar-refractivity contribution in [3.05, 3.63) is 46.0 Å². The summed E-state index contributed by atoms with van der Waals surface area (Å²) < 4.78 is 0. The van der Waals surface area contributed by atoms with Gasteiger partial charge in [-0.1, -0.05) is 0 Å². The van der Waals surface area contributed by atoms with Crippen LogP contribution in [0.3, 0.4) is 0 Å². The second kappa shape index (κ2) is 10.3. The number of carbonyl (C=O) groups excluding carboxylic acids is 2. The van der Waals surface area contributed by atoms with Crippen molar-refractivity contribution in [3.8, 4) is 0 Å². The third-order valence-corrected chi connectivity index (χ3v) is 7.11. The quantitative estimate of drug-likeness (QED) is 0.399. The molecule has 2 amide bonds. The number of amides is 2. The smallest absolute Gasteiger partial charge is 0.269 e. The minimum absolute atomic E-state index is 0.0169. The standard InChI is InChI=1S/C24H32N4O4/c29-23(8-5-19-3-6-22(7-4-19)28(31)32)26-17-11-21(12-18-26)25-15-9-20(10-16-25)24(30)27-13-1-2-14-27/h3-8,20-21H,1-2,9-18H2/b8-5+. The number of nitro benzene ring substituents is 1. The average Bonchev–Trinajstić information content (AvgIpc) is 3.37. The second-order valence-corrected chi connectivity index (χ2v) is 9.08. The minimum atomic E-state index is -0.434. The summed E-state index contributed by atoms with van der Waals surface area (Å²) in [4.78, 5) is 41.9. The highest BCUT2D eigenvalue weighted by Crippen LogP contribution is 2.26. The molecule has 8 heteroatoms. The fourth-order valence-electron chi connectivity index (χ4n) is 5.14. The van der Waals surface area contributed by atoms with E-state index in [0.717, 1.165) is 83.4 Å². The van der Waals surface area contributed by atoms with Crippen LogP contribution in [-0.4, -0.2) is 76.7 Å². The van der Waals surface area contributed by atoms with Gasteiger partial charge in [-0.05, 0) is 75.4 Å². The zero-order chi connectivity index (χ0) is 22.5. The van der Waals surface area contributed by atoms with E-state index in [-0.39, 0.29) is 17.5 Å². The van der Waals surface area contributed by atoms with Gasteiger partial charge in [0.2, 0.25) is 11.8 Å². The zero-order valence-corrected chi connectivity index (χ0v) is 18.5. The zero-order valence-electron chi connectivity index (χ0n) is 18.5. The maximum Gasteiger partial charge on any atom is 0.269 e. The van der Waals surface area contributed by atoms with Gasteiger partial charge in [0.15, 0.2) is 0 Å². The van der Waals surface area contributed by atoms with Crippen molar-refractivity contribution in [3.63, 3.8) is 0 Å². The lowest BCUT2D eigenvalue weighted by Gasteiger charge is -2.41. The summed E-state index contributed by atoms with van der Waals surface area (Å²) in [6, 6.07) is 6.66. The summed E-state index contributed by atoms with van der Waals surface area (Å²) in [5.74, 6) is 0.537. The second-order valence-electron chi connectivity index (χ2n) is 9.08. The van der Waals surface area contributed by atoms with E-state index in [0.29, 0.717) is 11.9 Å². The number of likely N-dealkylation sites (tertiary alicyclic amines) is 3.